The maximum atomic E-state index is 12.5. The number of hydrogen-bond donors (Lipinski definition) is 1. The highest BCUT2D eigenvalue weighted by molar-refractivity contribution is 8.77. The second-order valence-corrected chi connectivity index (χ2v) is 15.1. The number of ether oxygens (including phenoxy) is 2. The number of carbonyl (C=O) groups excluding carboxylic acids is 2. The summed E-state index contributed by atoms with van der Waals surface area (Å²) in [5, 5.41) is 3.00. The van der Waals surface area contributed by atoms with Crippen LogP contribution in [0.2, 0.25) is 0 Å². The lowest BCUT2D eigenvalue weighted by Crippen LogP contribution is -2.39. The molecular formula is C22H39NO4S4. The van der Waals surface area contributed by atoms with Crippen LogP contribution in [0.3, 0.4) is 0 Å². The maximum Gasteiger partial charge on any atom is 0.307 e. The minimum atomic E-state index is -0.293. The lowest BCUT2D eigenvalue weighted by molar-refractivity contribution is -0.156. The monoisotopic (exact) mass is 509 g/mol. The number of esters is 2. The second kappa shape index (κ2) is 13.9. The normalized spacial score (nSPS) is 18.5. The molecule has 0 aromatic rings. The van der Waals surface area contributed by atoms with Crippen molar-refractivity contribution >= 4 is 55.1 Å². The fourth-order valence-electron chi connectivity index (χ4n) is 3.81. The van der Waals surface area contributed by atoms with Crippen molar-refractivity contribution in [2.75, 3.05) is 49.8 Å². The van der Waals surface area contributed by atoms with E-state index >= 15 is 0 Å². The molecule has 2 rings (SSSR count). The summed E-state index contributed by atoms with van der Waals surface area (Å²) in [6.45, 7) is 7.73. The van der Waals surface area contributed by atoms with E-state index in [1.165, 1.54) is 0 Å². The van der Waals surface area contributed by atoms with Crippen LogP contribution in [0.4, 0.5) is 0 Å². The van der Waals surface area contributed by atoms with E-state index in [9.17, 15) is 9.59 Å². The molecule has 0 amide bonds. The Bertz CT molecular complexity index is 540. The predicted molar refractivity (Wildman–Crippen MR) is 138 cm³/mol. The van der Waals surface area contributed by atoms with Crippen LogP contribution in [0.25, 0.3) is 0 Å². The van der Waals surface area contributed by atoms with Crippen molar-refractivity contribution in [3.05, 3.63) is 0 Å². The third kappa shape index (κ3) is 11.3. The van der Waals surface area contributed by atoms with Crippen molar-refractivity contribution in [1.82, 2.24) is 5.32 Å². The van der Waals surface area contributed by atoms with Crippen LogP contribution in [0, 0.1) is 22.7 Å². The number of rotatable bonds is 13. The van der Waals surface area contributed by atoms with Gasteiger partial charge in [-0.3, -0.25) is 9.59 Å². The van der Waals surface area contributed by atoms with Crippen molar-refractivity contribution in [2.24, 2.45) is 22.7 Å². The molecule has 2 aliphatic heterocycles. The minimum absolute atomic E-state index is 0.107. The van der Waals surface area contributed by atoms with Crippen LogP contribution in [-0.4, -0.2) is 61.8 Å². The Morgan fingerprint density at radius 2 is 1.29 bits per heavy atom. The highest BCUT2D eigenvalue weighted by Gasteiger charge is 2.40. The standard InChI is InChI=1S/C22H39NO4S4/c1-21(2,3)7-5-19(24)26-15-22(9-17-11-28-29-12-17,10-18-13-30-31-14-18)16-27-20(25)6-8-23-4/h17-18,23H,5-16H2,1-4H3. The van der Waals surface area contributed by atoms with Gasteiger partial charge in [0.2, 0.25) is 0 Å². The average molecular weight is 510 g/mol. The average Bonchev–Trinajstić information content (AvgIpc) is 3.41. The van der Waals surface area contributed by atoms with Crippen LogP contribution in [-0.2, 0) is 19.1 Å². The fourth-order valence-corrected chi connectivity index (χ4v) is 9.67. The predicted octanol–water partition coefficient (Wildman–Crippen LogP) is 5.30. The molecule has 0 spiro atoms. The summed E-state index contributed by atoms with van der Waals surface area (Å²) in [7, 11) is 9.52. The highest BCUT2D eigenvalue weighted by atomic mass is 33.1. The molecule has 0 atom stereocenters. The van der Waals surface area contributed by atoms with Crippen molar-refractivity contribution in [3.63, 3.8) is 0 Å². The van der Waals surface area contributed by atoms with E-state index in [2.05, 4.69) is 26.1 Å². The molecular weight excluding hydrogens is 471 g/mol. The van der Waals surface area contributed by atoms with E-state index in [0.29, 0.717) is 44.4 Å². The molecule has 0 aliphatic carbocycles. The van der Waals surface area contributed by atoms with Gasteiger partial charge in [0.15, 0.2) is 0 Å². The first-order chi connectivity index (χ1) is 14.7. The summed E-state index contributed by atoms with van der Waals surface area (Å²) in [5.41, 5.74) is -0.186. The molecule has 9 heteroatoms. The van der Waals surface area contributed by atoms with Crippen molar-refractivity contribution < 1.29 is 19.1 Å². The van der Waals surface area contributed by atoms with Gasteiger partial charge in [0.05, 0.1) is 6.42 Å². The Morgan fingerprint density at radius 3 is 1.71 bits per heavy atom. The summed E-state index contributed by atoms with van der Waals surface area (Å²) < 4.78 is 11.6. The Morgan fingerprint density at radius 1 is 0.839 bits per heavy atom. The van der Waals surface area contributed by atoms with Crippen LogP contribution in [0.5, 0.6) is 0 Å². The third-order valence-electron chi connectivity index (χ3n) is 5.56. The maximum absolute atomic E-state index is 12.5. The zero-order valence-electron chi connectivity index (χ0n) is 19.4. The molecule has 2 heterocycles. The molecule has 5 nitrogen and oxygen atoms in total. The minimum Gasteiger partial charge on any atom is -0.465 e. The molecule has 1 N–H and O–H groups in total. The highest BCUT2D eigenvalue weighted by Crippen LogP contribution is 2.46. The van der Waals surface area contributed by atoms with Crippen molar-refractivity contribution in [2.45, 2.75) is 52.9 Å². The fraction of sp³-hybridized carbons (Fsp3) is 0.909. The summed E-state index contributed by atoms with van der Waals surface area (Å²) in [4.78, 5) is 24.8. The van der Waals surface area contributed by atoms with Gasteiger partial charge < -0.3 is 14.8 Å². The zero-order chi connectivity index (χ0) is 22.7. The van der Waals surface area contributed by atoms with Gasteiger partial charge in [0.25, 0.3) is 0 Å². The quantitative estimate of drug-likeness (QED) is 0.263. The van der Waals surface area contributed by atoms with E-state index in [-0.39, 0.29) is 22.8 Å². The van der Waals surface area contributed by atoms with Gasteiger partial charge in [-0.2, -0.15) is 0 Å². The molecule has 0 aromatic carbocycles. The Balaban J connectivity index is 2.07. The first kappa shape index (κ1) is 27.5. The van der Waals surface area contributed by atoms with Crippen molar-refractivity contribution in [1.29, 1.82) is 0 Å². The first-order valence-corrected chi connectivity index (χ1v) is 16.1. The molecule has 180 valence electrons. The number of nitrogens with one attached hydrogen (secondary N) is 1. The van der Waals surface area contributed by atoms with Gasteiger partial charge >= 0.3 is 11.9 Å². The second-order valence-electron chi connectivity index (χ2n) is 10.0. The topological polar surface area (TPSA) is 64.6 Å². The molecule has 2 aliphatic rings. The van der Waals surface area contributed by atoms with E-state index < -0.39 is 0 Å². The lowest BCUT2D eigenvalue weighted by Gasteiger charge is -2.36. The molecule has 0 bridgehead atoms. The Labute approximate surface area is 204 Å². The Kier molecular flexibility index (Phi) is 12.3. The molecule has 2 fully saturated rings. The summed E-state index contributed by atoms with van der Waals surface area (Å²) in [6, 6.07) is 0. The third-order valence-corrected chi connectivity index (χ3v) is 11.0. The number of carbonyl (C=O) groups is 2. The van der Waals surface area contributed by atoms with Crippen LogP contribution in [0.15, 0.2) is 0 Å². The molecule has 2 saturated heterocycles. The first-order valence-electron chi connectivity index (χ1n) is 11.2. The molecule has 0 saturated carbocycles. The number of hydrogen-bond acceptors (Lipinski definition) is 9. The van der Waals surface area contributed by atoms with Gasteiger partial charge in [-0.05, 0) is 43.6 Å². The summed E-state index contributed by atoms with van der Waals surface area (Å²) >= 11 is 0. The summed E-state index contributed by atoms with van der Waals surface area (Å²) in [6.07, 6.45) is 3.51. The molecule has 0 unspecified atom stereocenters. The summed E-state index contributed by atoms with van der Waals surface area (Å²) in [5.74, 6) is 5.30. The lowest BCUT2D eigenvalue weighted by atomic mass is 9.75. The molecule has 31 heavy (non-hydrogen) atoms. The zero-order valence-corrected chi connectivity index (χ0v) is 22.7. The van der Waals surface area contributed by atoms with E-state index in [1.807, 2.05) is 50.2 Å². The van der Waals surface area contributed by atoms with Crippen molar-refractivity contribution in [3.8, 4) is 0 Å². The van der Waals surface area contributed by atoms with Gasteiger partial charge in [-0.1, -0.05) is 63.9 Å². The van der Waals surface area contributed by atoms with Crippen LogP contribution >= 0.6 is 43.2 Å². The largest absolute Gasteiger partial charge is 0.465 e. The van der Waals surface area contributed by atoms with Gasteiger partial charge in [0.1, 0.15) is 13.2 Å². The van der Waals surface area contributed by atoms with E-state index in [4.69, 9.17) is 9.47 Å². The van der Waals surface area contributed by atoms with Crippen LogP contribution in [0.1, 0.15) is 52.9 Å². The van der Waals surface area contributed by atoms with E-state index in [1.54, 1.807) is 0 Å². The van der Waals surface area contributed by atoms with Gasteiger partial charge in [-0.15, -0.1) is 0 Å². The van der Waals surface area contributed by atoms with Gasteiger partial charge in [-0.25, -0.2) is 0 Å². The van der Waals surface area contributed by atoms with Crippen LogP contribution < -0.4 is 5.32 Å². The van der Waals surface area contributed by atoms with E-state index in [0.717, 1.165) is 42.3 Å². The smallest absolute Gasteiger partial charge is 0.307 e. The molecule has 0 radical (unpaired) electrons. The van der Waals surface area contributed by atoms with Gasteiger partial charge in [0, 0.05) is 41.4 Å². The SMILES string of the molecule is CNCCC(=O)OCC(COC(=O)CCC(C)(C)C)(CC1CSSC1)CC1CSSC1. The molecule has 0 aromatic heterocycles. The Hall–Kier alpha value is 0.300.